The van der Waals surface area contributed by atoms with Gasteiger partial charge in [0.1, 0.15) is 5.76 Å². The Kier molecular flexibility index (Phi) is 6.09. The van der Waals surface area contributed by atoms with Crippen molar-refractivity contribution in [3.8, 4) is 0 Å². The molecule has 0 saturated carbocycles. The predicted octanol–water partition coefficient (Wildman–Crippen LogP) is 2.07. The Labute approximate surface area is 148 Å². The summed E-state index contributed by atoms with van der Waals surface area (Å²) < 4.78 is 5.25. The van der Waals surface area contributed by atoms with Crippen LogP contribution < -0.4 is 10.6 Å². The molecule has 0 bridgehead atoms. The van der Waals surface area contributed by atoms with Crippen LogP contribution in [0.25, 0.3) is 0 Å². The number of carbonyl (C=O) groups is 1. The lowest BCUT2D eigenvalue weighted by molar-refractivity contribution is 0.142. The highest BCUT2D eigenvalue weighted by Gasteiger charge is 2.21. The Morgan fingerprint density at radius 1 is 1.12 bits per heavy atom. The molecule has 2 amide bonds. The molecule has 25 heavy (non-hydrogen) atoms. The van der Waals surface area contributed by atoms with Crippen molar-refractivity contribution in [1.29, 1.82) is 0 Å². The number of hydrogen-bond acceptors (Lipinski definition) is 4. The van der Waals surface area contributed by atoms with Gasteiger partial charge in [0.25, 0.3) is 0 Å². The molecule has 1 aromatic carbocycles. The fraction of sp³-hybridized carbons (Fsp3) is 0.421. The molecular weight excluding hydrogens is 316 g/mol. The second-order valence-electron chi connectivity index (χ2n) is 6.47. The van der Waals surface area contributed by atoms with Crippen LogP contribution in [0.2, 0.25) is 0 Å². The van der Waals surface area contributed by atoms with Gasteiger partial charge in [0, 0.05) is 32.7 Å². The largest absolute Gasteiger partial charge is 0.467 e. The van der Waals surface area contributed by atoms with E-state index in [9.17, 15) is 4.79 Å². The van der Waals surface area contributed by atoms with Crippen molar-refractivity contribution in [2.45, 2.75) is 12.6 Å². The molecule has 0 spiro atoms. The molecule has 6 nitrogen and oxygen atoms in total. The molecule has 134 valence electrons. The zero-order valence-electron chi connectivity index (χ0n) is 14.6. The lowest BCUT2D eigenvalue weighted by Crippen LogP contribution is -2.48. The number of nitrogens with zero attached hydrogens (tertiary/aromatic N) is 2. The summed E-state index contributed by atoms with van der Waals surface area (Å²) in [6.07, 6.45) is 1.61. The van der Waals surface area contributed by atoms with E-state index in [2.05, 4.69) is 39.6 Å². The predicted molar refractivity (Wildman–Crippen MR) is 97.2 cm³/mol. The van der Waals surface area contributed by atoms with E-state index in [0.717, 1.165) is 44.0 Å². The Morgan fingerprint density at radius 3 is 2.56 bits per heavy atom. The van der Waals surface area contributed by atoms with Gasteiger partial charge in [0.15, 0.2) is 0 Å². The smallest absolute Gasteiger partial charge is 0.315 e. The van der Waals surface area contributed by atoms with Crippen molar-refractivity contribution in [1.82, 2.24) is 20.4 Å². The number of urea groups is 1. The monoisotopic (exact) mass is 342 g/mol. The van der Waals surface area contributed by atoms with E-state index in [1.165, 1.54) is 0 Å². The topological polar surface area (TPSA) is 60.8 Å². The zero-order chi connectivity index (χ0) is 17.5. The third kappa shape index (κ3) is 5.34. The standard InChI is InChI=1S/C19H26N4O2/c1-22-9-11-23(12-10-22)15-18(16-6-3-2-4-7-16)21-19(24)20-14-17-8-5-13-25-17/h2-8,13,18H,9-12,14-15H2,1H3,(H2,20,21,24)/t18-/m0/s1. The number of hydrogen-bond donors (Lipinski definition) is 2. The summed E-state index contributed by atoms with van der Waals surface area (Å²) >= 11 is 0. The van der Waals surface area contributed by atoms with E-state index >= 15 is 0 Å². The molecule has 1 atom stereocenters. The molecule has 3 rings (SSSR count). The fourth-order valence-electron chi connectivity index (χ4n) is 3.00. The van der Waals surface area contributed by atoms with E-state index in [1.807, 2.05) is 30.3 Å². The van der Waals surface area contributed by atoms with Gasteiger partial charge in [-0.05, 0) is 24.7 Å². The van der Waals surface area contributed by atoms with Gasteiger partial charge >= 0.3 is 6.03 Å². The summed E-state index contributed by atoms with van der Waals surface area (Å²) in [5.74, 6) is 0.741. The van der Waals surface area contributed by atoms with E-state index in [-0.39, 0.29) is 12.1 Å². The lowest BCUT2D eigenvalue weighted by Gasteiger charge is -2.35. The molecule has 6 heteroatoms. The van der Waals surface area contributed by atoms with Crippen molar-refractivity contribution >= 4 is 6.03 Å². The first kappa shape index (κ1) is 17.5. The van der Waals surface area contributed by atoms with E-state index in [4.69, 9.17) is 4.42 Å². The first-order chi connectivity index (χ1) is 12.2. The molecule has 1 fully saturated rings. The molecule has 1 aromatic heterocycles. The molecule has 0 unspecified atom stereocenters. The van der Waals surface area contributed by atoms with Crippen LogP contribution in [0, 0.1) is 0 Å². The van der Waals surface area contributed by atoms with E-state index in [1.54, 1.807) is 6.26 Å². The number of benzene rings is 1. The van der Waals surface area contributed by atoms with Crippen LogP contribution in [0.4, 0.5) is 4.79 Å². The highest BCUT2D eigenvalue weighted by Crippen LogP contribution is 2.15. The van der Waals surface area contributed by atoms with Gasteiger partial charge in [0.05, 0.1) is 18.8 Å². The summed E-state index contributed by atoms with van der Waals surface area (Å²) in [5.41, 5.74) is 1.12. The number of nitrogens with one attached hydrogen (secondary N) is 2. The van der Waals surface area contributed by atoms with Gasteiger partial charge < -0.3 is 20.0 Å². The van der Waals surface area contributed by atoms with E-state index < -0.39 is 0 Å². The van der Waals surface area contributed by atoms with Gasteiger partial charge in [-0.1, -0.05) is 30.3 Å². The van der Waals surface area contributed by atoms with Crippen molar-refractivity contribution in [3.05, 3.63) is 60.1 Å². The van der Waals surface area contributed by atoms with Gasteiger partial charge in [0.2, 0.25) is 0 Å². The maximum Gasteiger partial charge on any atom is 0.315 e. The summed E-state index contributed by atoms with van der Waals surface area (Å²) in [5, 5.41) is 5.97. The number of carbonyl (C=O) groups excluding carboxylic acids is 1. The van der Waals surface area contributed by atoms with Gasteiger partial charge in [-0.25, -0.2) is 4.79 Å². The SMILES string of the molecule is CN1CCN(C[C@H](NC(=O)NCc2ccco2)c2ccccc2)CC1. The van der Waals surface area contributed by atoms with Crippen molar-refractivity contribution < 1.29 is 9.21 Å². The zero-order valence-corrected chi connectivity index (χ0v) is 14.6. The van der Waals surface area contributed by atoms with Crippen LogP contribution in [-0.2, 0) is 6.54 Å². The third-order valence-electron chi connectivity index (χ3n) is 4.55. The molecular formula is C19H26N4O2. The number of rotatable bonds is 6. The van der Waals surface area contributed by atoms with E-state index in [0.29, 0.717) is 6.54 Å². The summed E-state index contributed by atoms with van der Waals surface area (Å²) in [6, 6.07) is 13.6. The number of likely N-dealkylation sites (N-methyl/N-ethyl adjacent to an activating group) is 1. The third-order valence-corrected chi connectivity index (χ3v) is 4.55. The molecule has 2 heterocycles. The second kappa shape index (κ2) is 8.69. The van der Waals surface area contributed by atoms with Crippen LogP contribution in [0.1, 0.15) is 17.4 Å². The average Bonchev–Trinajstić information content (AvgIpc) is 3.16. The molecule has 2 aromatic rings. The minimum Gasteiger partial charge on any atom is -0.467 e. The summed E-state index contributed by atoms with van der Waals surface area (Å²) in [7, 11) is 2.15. The molecule has 0 aliphatic carbocycles. The summed E-state index contributed by atoms with van der Waals surface area (Å²) in [6.45, 7) is 5.37. The highest BCUT2D eigenvalue weighted by atomic mass is 16.3. The Morgan fingerprint density at radius 2 is 1.88 bits per heavy atom. The Hall–Kier alpha value is -2.31. The van der Waals surface area contributed by atoms with Crippen LogP contribution in [-0.4, -0.2) is 55.6 Å². The number of piperazine rings is 1. The molecule has 1 aliphatic heterocycles. The van der Waals surface area contributed by atoms with Crippen LogP contribution in [0.3, 0.4) is 0 Å². The van der Waals surface area contributed by atoms with Crippen LogP contribution >= 0.6 is 0 Å². The lowest BCUT2D eigenvalue weighted by atomic mass is 10.1. The molecule has 1 aliphatic rings. The molecule has 0 radical (unpaired) electrons. The Balaban J connectivity index is 1.59. The first-order valence-corrected chi connectivity index (χ1v) is 8.73. The fourth-order valence-corrected chi connectivity index (χ4v) is 3.00. The second-order valence-corrected chi connectivity index (χ2v) is 6.47. The summed E-state index contributed by atoms with van der Waals surface area (Å²) in [4.78, 5) is 17.1. The normalized spacial score (nSPS) is 17.2. The maximum absolute atomic E-state index is 12.3. The van der Waals surface area contributed by atoms with Gasteiger partial charge in [-0.2, -0.15) is 0 Å². The van der Waals surface area contributed by atoms with Crippen LogP contribution in [0.5, 0.6) is 0 Å². The quantitative estimate of drug-likeness (QED) is 0.844. The maximum atomic E-state index is 12.3. The Bertz CT molecular complexity index is 637. The average molecular weight is 342 g/mol. The number of amides is 2. The molecule has 1 saturated heterocycles. The minimum absolute atomic E-state index is 0.0405. The minimum atomic E-state index is -0.181. The van der Waals surface area contributed by atoms with Crippen LogP contribution in [0.15, 0.2) is 53.1 Å². The van der Waals surface area contributed by atoms with Crippen molar-refractivity contribution in [3.63, 3.8) is 0 Å². The molecule has 2 N–H and O–H groups in total. The van der Waals surface area contributed by atoms with Crippen molar-refractivity contribution in [2.24, 2.45) is 0 Å². The van der Waals surface area contributed by atoms with Gasteiger partial charge in [-0.3, -0.25) is 4.90 Å². The highest BCUT2D eigenvalue weighted by molar-refractivity contribution is 5.74. The first-order valence-electron chi connectivity index (χ1n) is 8.73. The van der Waals surface area contributed by atoms with Crippen molar-refractivity contribution in [2.75, 3.05) is 39.8 Å². The van der Waals surface area contributed by atoms with Gasteiger partial charge in [-0.15, -0.1) is 0 Å². The number of furan rings is 1.